The fourth-order valence-electron chi connectivity index (χ4n) is 1.40. The molecule has 72 valence electrons. The van der Waals surface area contributed by atoms with Gasteiger partial charge in [-0.1, -0.05) is 45.8 Å². The van der Waals surface area contributed by atoms with Crippen LogP contribution in [0.5, 0.6) is 0 Å². The van der Waals surface area contributed by atoms with Gasteiger partial charge in [0.2, 0.25) is 0 Å². The van der Waals surface area contributed by atoms with Crippen molar-refractivity contribution in [3.8, 4) is 0 Å². The fraction of sp³-hybridized carbons (Fsp3) is 0.818. The quantitative estimate of drug-likeness (QED) is 0.629. The van der Waals surface area contributed by atoms with E-state index in [0.29, 0.717) is 5.92 Å². The summed E-state index contributed by atoms with van der Waals surface area (Å²) in [5.74, 6) is 0.614. The van der Waals surface area contributed by atoms with Crippen LogP contribution in [-0.2, 0) is 0 Å². The Morgan fingerprint density at radius 1 is 1.33 bits per heavy atom. The molecule has 0 saturated carbocycles. The van der Waals surface area contributed by atoms with E-state index in [4.69, 9.17) is 5.73 Å². The van der Waals surface area contributed by atoms with Crippen molar-refractivity contribution in [1.29, 1.82) is 0 Å². The van der Waals surface area contributed by atoms with Gasteiger partial charge in [-0.05, 0) is 18.8 Å². The number of nitrogens with two attached hydrogens (primary N) is 1. The molecule has 2 unspecified atom stereocenters. The van der Waals surface area contributed by atoms with Crippen LogP contribution in [-0.4, -0.2) is 6.04 Å². The lowest BCUT2D eigenvalue weighted by molar-refractivity contribution is 0.478. The SMILES string of the molecule is CC/C=C(/CC)C(N)C(C)CC. The zero-order valence-corrected chi connectivity index (χ0v) is 8.93. The Bertz CT molecular complexity index is 138. The third-order valence-corrected chi connectivity index (χ3v) is 2.56. The second kappa shape index (κ2) is 6.24. The zero-order chi connectivity index (χ0) is 9.56. The van der Waals surface area contributed by atoms with E-state index in [1.165, 1.54) is 12.0 Å². The van der Waals surface area contributed by atoms with Crippen LogP contribution in [0.25, 0.3) is 0 Å². The standard InChI is InChI=1S/C11H23N/c1-5-8-10(7-3)11(12)9(4)6-2/h8-9,11H,5-7,12H2,1-4H3/b10-8-. The summed E-state index contributed by atoms with van der Waals surface area (Å²) in [5.41, 5.74) is 7.52. The Kier molecular flexibility index (Phi) is 6.09. The van der Waals surface area contributed by atoms with Gasteiger partial charge in [0.25, 0.3) is 0 Å². The van der Waals surface area contributed by atoms with Gasteiger partial charge in [-0.15, -0.1) is 0 Å². The van der Waals surface area contributed by atoms with E-state index in [0.717, 1.165) is 12.8 Å². The molecule has 0 aromatic rings. The van der Waals surface area contributed by atoms with Crippen LogP contribution in [0.3, 0.4) is 0 Å². The van der Waals surface area contributed by atoms with Crippen molar-refractivity contribution in [2.75, 3.05) is 0 Å². The van der Waals surface area contributed by atoms with Gasteiger partial charge >= 0.3 is 0 Å². The lowest BCUT2D eigenvalue weighted by Crippen LogP contribution is -2.29. The average molecular weight is 169 g/mol. The molecule has 12 heavy (non-hydrogen) atoms. The maximum absolute atomic E-state index is 6.10. The van der Waals surface area contributed by atoms with Crippen LogP contribution in [0.2, 0.25) is 0 Å². The van der Waals surface area contributed by atoms with E-state index in [-0.39, 0.29) is 6.04 Å². The van der Waals surface area contributed by atoms with Crippen LogP contribution in [0.1, 0.15) is 47.0 Å². The molecule has 1 heteroatoms. The first-order valence-corrected chi connectivity index (χ1v) is 5.11. The largest absolute Gasteiger partial charge is 0.324 e. The van der Waals surface area contributed by atoms with Crippen molar-refractivity contribution in [3.63, 3.8) is 0 Å². The van der Waals surface area contributed by atoms with Crippen LogP contribution in [0.15, 0.2) is 11.6 Å². The fourth-order valence-corrected chi connectivity index (χ4v) is 1.40. The molecular weight excluding hydrogens is 146 g/mol. The maximum atomic E-state index is 6.10. The first kappa shape index (κ1) is 11.7. The van der Waals surface area contributed by atoms with Gasteiger partial charge < -0.3 is 5.73 Å². The first-order chi connectivity index (χ1) is 5.67. The summed E-state index contributed by atoms with van der Waals surface area (Å²) in [6.07, 6.45) is 5.64. The lowest BCUT2D eigenvalue weighted by atomic mass is 9.91. The first-order valence-electron chi connectivity index (χ1n) is 5.11. The molecule has 0 aliphatic carbocycles. The molecule has 0 amide bonds. The highest BCUT2D eigenvalue weighted by atomic mass is 14.6. The molecule has 0 aromatic carbocycles. The highest BCUT2D eigenvalue weighted by molar-refractivity contribution is 5.10. The Morgan fingerprint density at radius 3 is 2.25 bits per heavy atom. The Morgan fingerprint density at radius 2 is 1.92 bits per heavy atom. The molecule has 0 heterocycles. The van der Waals surface area contributed by atoms with Gasteiger partial charge in [-0.25, -0.2) is 0 Å². The predicted octanol–water partition coefficient (Wildman–Crippen LogP) is 3.11. The van der Waals surface area contributed by atoms with Crippen molar-refractivity contribution < 1.29 is 0 Å². The highest BCUT2D eigenvalue weighted by Crippen LogP contribution is 2.16. The van der Waals surface area contributed by atoms with E-state index < -0.39 is 0 Å². The van der Waals surface area contributed by atoms with Gasteiger partial charge in [0.15, 0.2) is 0 Å². The summed E-state index contributed by atoms with van der Waals surface area (Å²) in [6.45, 7) is 8.77. The molecule has 0 rings (SSSR count). The van der Waals surface area contributed by atoms with Crippen LogP contribution in [0, 0.1) is 5.92 Å². The van der Waals surface area contributed by atoms with Crippen molar-refractivity contribution in [3.05, 3.63) is 11.6 Å². The second-order valence-electron chi connectivity index (χ2n) is 3.45. The minimum absolute atomic E-state index is 0.278. The summed E-state index contributed by atoms with van der Waals surface area (Å²) in [4.78, 5) is 0. The minimum atomic E-state index is 0.278. The summed E-state index contributed by atoms with van der Waals surface area (Å²) in [7, 11) is 0. The van der Waals surface area contributed by atoms with E-state index in [2.05, 4.69) is 33.8 Å². The van der Waals surface area contributed by atoms with Gasteiger partial charge in [0.05, 0.1) is 0 Å². The Labute approximate surface area is 77.0 Å². The molecule has 0 bridgehead atoms. The predicted molar refractivity (Wildman–Crippen MR) is 56.1 cm³/mol. The number of hydrogen-bond acceptors (Lipinski definition) is 1. The van der Waals surface area contributed by atoms with Crippen molar-refractivity contribution in [1.82, 2.24) is 0 Å². The van der Waals surface area contributed by atoms with E-state index >= 15 is 0 Å². The van der Waals surface area contributed by atoms with Gasteiger partial charge in [0, 0.05) is 6.04 Å². The van der Waals surface area contributed by atoms with Crippen molar-refractivity contribution >= 4 is 0 Å². The van der Waals surface area contributed by atoms with Crippen molar-refractivity contribution in [2.24, 2.45) is 11.7 Å². The summed E-state index contributed by atoms with van der Waals surface area (Å²) in [6, 6.07) is 0.278. The second-order valence-corrected chi connectivity index (χ2v) is 3.45. The topological polar surface area (TPSA) is 26.0 Å². The van der Waals surface area contributed by atoms with Crippen LogP contribution >= 0.6 is 0 Å². The molecule has 0 aliphatic heterocycles. The van der Waals surface area contributed by atoms with E-state index in [1.807, 2.05) is 0 Å². The monoisotopic (exact) mass is 169 g/mol. The molecular formula is C11H23N. The smallest absolute Gasteiger partial charge is 0.0279 e. The summed E-state index contributed by atoms with van der Waals surface area (Å²) in [5, 5.41) is 0. The Hall–Kier alpha value is -0.300. The van der Waals surface area contributed by atoms with Gasteiger partial charge in [0.1, 0.15) is 0 Å². The lowest BCUT2D eigenvalue weighted by Gasteiger charge is -2.20. The molecule has 0 spiro atoms. The molecule has 2 atom stereocenters. The maximum Gasteiger partial charge on any atom is 0.0279 e. The number of hydrogen-bond donors (Lipinski definition) is 1. The number of rotatable bonds is 5. The van der Waals surface area contributed by atoms with Crippen molar-refractivity contribution in [2.45, 2.75) is 53.0 Å². The molecule has 0 aliphatic rings. The molecule has 0 fully saturated rings. The Balaban J connectivity index is 4.20. The van der Waals surface area contributed by atoms with Gasteiger partial charge in [-0.2, -0.15) is 0 Å². The molecule has 0 radical (unpaired) electrons. The molecule has 0 saturated heterocycles. The zero-order valence-electron chi connectivity index (χ0n) is 8.93. The van der Waals surface area contributed by atoms with Gasteiger partial charge in [-0.3, -0.25) is 0 Å². The molecule has 2 N–H and O–H groups in total. The minimum Gasteiger partial charge on any atom is -0.324 e. The van der Waals surface area contributed by atoms with E-state index in [1.54, 1.807) is 0 Å². The third-order valence-electron chi connectivity index (χ3n) is 2.56. The number of allylic oxidation sites excluding steroid dienone is 1. The highest BCUT2D eigenvalue weighted by Gasteiger charge is 2.13. The molecule has 1 nitrogen and oxygen atoms in total. The summed E-state index contributed by atoms with van der Waals surface area (Å²) < 4.78 is 0. The average Bonchev–Trinajstić information content (AvgIpc) is 2.11. The molecule has 0 aromatic heterocycles. The summed E-state index contributed by atoms with van der Waals surface area (Å²) >= 11 is 0. The normalized spacial score (nSPS) is 17.6. The van der Waals surface area contributed by atoms with Crippen LogP contribution < -0.4 is 5.73 Å². The van der Waals surface area contributed by atoms with E-state index in [9.17, 15) is 0 Å². The van der Waals surface area contributed by atoms with Crippen LogP contribution in [0.4, 0.5) is 0 Å². The third kappa shape index (κ3) is 3.40.